The van der Waals surface area contributed by atoms with Crippen LogP contribution in [-0.2, 0) is 9.59 Å². The first-order valence-corrected chi connectivity index (χ1v) is 14.3. The predicted octanol–water partition coefficient (Wildman–Crippen LogP) is 3.08. The second-order valence-corrected chi connectivity index (χ2v) is 11.6. The average molecular weight is 583 g/mol. The number of carbonyl (C=O) groups excluding carboxylic acids is 3. The van der Waals surface area contributed by atoms with Crippen molar-refractivity contribution in [2.75, 3.05) is 58.4 Å². The number of piperidine rings is 2. The molecule has 3 saturated heterocycles. The minimum atomic E-state index is -0.892. The first-order chi connectivity index (χ1) is 19.6. The Hall–Kier alpha value is -3.70. The summed E-state index contributed by atoms with van der Waals surface area (Å²) in [5, 5.41) is 11.3. The minimum absolute atomic E-state index is 0.00381. The zero-order valence-corrected chi connectivity index (χ0v) is 24.1. The maximum atomic E-state index is 14.1. The van der Waals surface area contributed by atoms with Gasteiger partial charge in [-0.1, -0.05) is 29.8 Å². The fraction of sp³-hybridized carbons (Fsp3) is 0.483. The molecule has 2 aromatic carbocycles. The van der Waals surface area contributed by atoms with Gasteiger partial charge in [-0.25, -0.2) is 0 Å². The maximum absolute atomic E-state index is 14.1. The number of likely N-dealkylation sites (tertiary alicyclic amines) is 2. The van der Waals surface area contributed by atoms with Crippen molar-refractivity contribution in [3.05, 3.63) is 69.2 Å². The van der Waals surface area contributed by atoms with Gasteiger partial charge in [-0.2, -0.15) is 0 Å². The second-order valence-electron chi connectivity index (χ2n) is 11.2. The molecule has 41 heavy (non-hydrogen) atoms. The van der Waals surface area contributed by atoms with Crippen LogP contribution >= 0.6 is 11.6 Å². The van der Waals surface area contributed by atoms with Crippen molar-refractivity contribution in [1.82, 2.24) is 19.6 Å². The van der Waals surface area contributed by atoms with Crippen LogP contribution in [0.25, 0.3) is 0 Å². The lowest BCUT2D eigenvalue weighted by Gasteiger charge is -2.43. The second kappa shape index (κ2) is 11.7. The highest BCUT2D eigenvalue weighted by Gasteiger charge is 2.54. The molecule has 1 spiro atoms. The third-order valence-electron chi connectivity index (χ3n) is 8.80. The van der Waals surface area contributed by atoms with Crippen LogP contribution in [0.2, 0.25) is 5.02 Å². The van der Waals surface area contributed by atoms with Gasteiger partial charge >= 0.3 is 0 Å². The molecular formula is C29H35ClN6O5. The van der Waals surface area contributed by atoms with Crippen molar-refractivity contribution in [3.63, 3.8) is 0 Å². The van der Waals surface area contributed by atoms with E-state index in [1.807, 2.05) is 37.4 Å². The van der Waals surface area contributed by atoms with Crippen LogP contribution in [0.3, 0.4) is 0 Å². The Bertz CT molecular complexity index is 1320. The molecule has 11 nitrogen and oxygen atoms in total. The van der Waals surface area contributed by atoms with Crippen LogP contribution in [0.1, 0.15) is 36.0 Å². The normalized spacial score (nSPS) is 19.6. The van der Waals surface area contributed by atoms with Gasteiger partial charge in [-0.3, -0.25) is 24.5 Å². The number of nitrogens with zero attached hydrogens (tertiary/aromatic N) is 6. The standard InChI is InChI=1S/C29H35ClN6O5/c1-31-14-10-22(11-15-31)32(2)26(37)19-34-20-35(23-6-4-3-5-7-23)29(28(34)39)12-16-33(17-13-29)27(38)21-8-9-24(30)25(18-21)36(40)41/h3-9,18,22H,10-17,19-20H2,1-2H3. The largest absolute Gasteiger partial charge is 0.341 e. The highest BCUT2D eigenvalue weighted by Crippen LogP contribution is 2.40. The van der Waals surface area contributed by atoms with E-state index in [0.29, 0.717) is 25.9 Å². The zero-order chi connectivity index (χ0) is 29.3. The molecule has 3 amide bonds. The molecule has 2 aromatic rings. The summed E-state index contributed by atoms with van der Waals surface area (Å²) in [6, 6.07) is 13.8. The van der Waals surface area contributed by atoms with Crippen molar-refractivity contribution in [2.45, 2.75) is 37.3 Å². The summed E-state index contributed by atoms with van der Waals surface area (Å²) in [6.07, 6.45) is 2.57. The number of hydrogen-bond acceptors (Lipinski definition) is 7. The molecule has 0 N–H and O–H groups in total. The molecule has 3 heterocycles. The zero-order valence-electron chi connectivity index (χ0n) is 23.4. The number of amides is 3. The summed E-state index contributed by atoms with van der Waals surface area (Å²) in [4.78, 5) is 60.7. The minimum Gasteiger partial charge on any atom is -0.341 e. The Labute approximate surface area is 244 Å². The van der Waals surface area contributed by atoms with Crippen LogP contribution in [0.15, 0.2) is 48.5 Å². The fourth-order valence-corrected chi connectivity index (χ4v) is 6.42. The Morgan fingerprint density at radius 2 is 1.73 bits per heavy atom. The number of hydrogen-bond donors (Lipinski definition) is 0. The van der Waals surface area contributed by atoms with E-state index in [9.17, 15) is 24.5 Å². The third-order valence-corrected chi connectivity index (χ3v) is 9.12. The number of nitro benzene ring substituents is 1. The van der Waals surface area contributed by atoms with E-state index in [1.54, 1.807) is 14.7 Å². The van der Waals surface area contributed by atoms with Gasteiger partial charge in [0.05, 0.1) is 11.6 Å². The summed E-state index contributed by atoms with van der Waals surface area (Å²) >= 11 is 5.93. The number of para-hydroxylation sites is 1. The van der Waals surface area contributed by atoms with Crippen LogP contribution in [0, 0.1) is 10.1 Å². The van der Waals surface area contributed by atoms with E-state index >= 15 is 0 Å². The van der Waals surface area contributed by atoms with E-state index < -0.39 is 10.5 Å². The Morgan fingerprint density at radius 1 is 1.07 bits per heavy atom. The maximum Gasteiger partial charge on any atom is 0.288 e. The van der Waals surface area contributed by atoms with Gasteiger partial charge < -0.3 is 24.5 Å². The summed E-state index contributed by atoms with van der Waals surface area (Å²) in [5.74, 6) is -0.529. The molecule has 12 heteroatoms. The topological polar surface area (TPSA) is 111 Å². The van der Waals surface area contributed by atoms with Gasteiger partial charge in [-0.05, 0) is 70.1 Å². The van der Waals surface area contributed by atoms with E-state index in [-0.39, 0.29) is 53.3 Å². The van der Waals surface area contributed by atoms with E-state index in [2.05, 4.69) is 16.8 Å². The van der Waals surface area contributed by atoms with Crippen LogP contribution < -0.4 is 4.90 Å². The number of likely N-dealkylation sites (N-methyl/N-ethyl adjacent to an activating group) is 1. The van der Waals surface area contributed by atoms with Gasteiger partial charge in [0.2, 0.25) is 5.91 Å². The SMILES string of the molecule is CN1CCC(N(C)C(=O)CN2CN(c3ccccc3)C3(CCN(C(=O)c4ccc(Cl)c([N+](=O)[O-])c4)CC3)C2=O)CC1. The van der Waals surface area contributed by atoms with Crippen molar-refractivity contribution in [1.29, 1.82) is 0 Å². The lowest BCUT2D eigenvalue weighted by Crippen LogP contribution is -2.57. The lowest BCUT2D eigenvalue weighted by molar-refractivity contribution is -0.384. The number of carbonyl (C=O) groups is 3. The monoisotopic (exact) mass is 582 g/mol. The van der Waals surface area contributed by atoms with Crippen LogP contribution in [0.5, 0.6) is 0 Å². The molecule has 0 unspecified atom stereocenters. The van der Waals surface area contributed by atoms with Crippen LogP contribution in [-0.4, -0.2) is 107 Å². The van der Waals surface area contributed by atoms with E-state index in [0.717, 1.165) is 31.6 Å². The summed E-state index contributed by atoms with van der Waals surface area (Å²) in [5.41, 5.74) is -0.152. The van der Waals surface area contributed by atoms with Crippen molar-refractivity contribution >= 4 is 40.7 Å². The fourth-order valence-electron chi connectivity index (χ4n) is 6.23. The summed E-state index contributed by atoms with van der Waals surface area (Å²) in [7, 11) is 3.91. The van der Waals surface area contributed by atoms with Crippen molar-refractivity contribution in [3.8, 4) is 0 Å². The van der Waals surface area contributed by atoms with Crippen molar-refractivity contribution in [2.24, 2.45) is 0 Å². The molecule has 3 aliphatic heterocycles. The quantitative estimate of drug-likeness (QED) is 0.380. The van der Waals surface area contributed by atoms with Gasteiger partial charge in [0.15, 0.2) is 0 Å². The molecule has 3 fully saturated rings. The molecule has 0 atom stereocenters. The molecular weight excluding hydrogens is 548 g/mol. The highest BCUT2D eigenvalue weighted by atomic mass is 35.5. The Balaban J connectivity index is 1.32. The molecule has 218 valence electrons. The van der Waals surface area contributed by atoms with Crippen LogP contribution in [0.4, 0.5) is 11.4 Å². The Kier molecular flexibility index (Phi) is 8.19. The highest BCUT2D eigenvalue weighted by molar-refractivity contribution is 6.32. The van der Waals surface area contributed by atoms with Gasteiger partial charge in [-0.15, -0.1) is 0 Å². The molecule has 0 saturated carbocycles. The average Bonchev–Trinajstić information content (AvgIpc) is 3.23. The van der Waals surface area contributed by atoms with Gasteiger partial charge in [0.25, 0.3) is 17.5 Å². The molecule has 0 radical (unpaired) electrons. The van der Waals surface area contributed by atoms with Crippen molar-refractivity contribution < 1.29 is 19.3 Å². The Morgan fingerprint density at radius 3 is 2.37 bits per heavy atom. The number of nitro groups is 1. The first-order valence-electron chi connectivity index (χ1n) is 13.9. The van der Waals surface area contributed by atoms with E-state index in [4.69, 9.17) is 11.6 Å². The lowest BCUT2D eigenvalue weighted by atomic mass is 9.85. The number of anilines is 1. The number of benzene rings is 2. The number of halogens is 1. The third kappa shape index (κ3) is 5.60. The first kappa shape index (κ1) is 28.8. The summed E-state index contributed by atoms with van der Waals surface area (Å²) < 4.78 is 0. The van der Waals surface area contributed by atoms with Gasteiger partial charge in [0.1, 0.15) is 17.1 Å². The summed E-state index contributed by atoms with van der Waals surface area (Å²) in [6.45, 7) is 2.75. The van der Waals surface area contributed by atoms with E-state index in [1.165, 1.54) is 18.2 Å². The van der Waals surface area contributed by atoms with Gasteiger partial charge in [0, 0.05) is 43.5 Å². The molecule has 0 aromatic heterocycles. The molecule has 0 bridgehead atoms. The molecule has 5 rings (SSSR count). The number of rotatable bonds is 6. The smallest absolute Gasteiger partial charge is 0.288 e. The predicted molar refractivity (Wildman–Crippen MR) is 155 cm³/mol. The molecule has 3 aliphatic rings. The molecule has 0 aliphatic carbocycles.